The van der Waals surface area contributed by atoms with Gasteiger partial charge in [0.25, 0.3) is 5.91 Å². The number of hydrogen-bond acceptors (Lipinski definition) is 9. The van der Waals surface area contributed by atoms with Crippen molar-refractivity contribution in [2.75, 3.05) is 32.1 Å². The first kappa shape index (κ1) is 32.8. The third-order valence-electron chi connectivity index (χ3n) is 8.92. The predicted octanol–water partition coefficient (Wildman–Crippen LogP) is 5.50. The maximum absolute atomic E-state index is 13.3. The molecule has 2 aromatic heterocycles. The van der Waals surface area contributed by atoms with Crippen molar-refractivity contribution in [3.63, 3.8) is 0 Å². The molecule has 4 aromatic rings. The van der Waals surface area contributed by atoms with Crippen LogP contribution in [0.4, 0.5) is 5.82 Å². The van der Waals surface area contributed by atoms with Crippen molar-refractivity contribution in [2.45, 2.75) is 44.4 Å². The summed E-state index contributed by atoms with van der Waals surface area (Å²) in [5, 5.41) is 13.1. The summed E-state index contributed by atoms with van der Waals surface area (Å²) in [5.41, 5.74) is 5.80. The number of halogens is 2. The summed E-state index contributed by atoms with van der Waals surface area (Å²) in [4.78, 5) is 38.3. The van der Waals surface area contributed by atoms with E-state index in [1.807, 2.05) is 36.4 Å². The highest BCUT2D eigenvalue weighted by atomic mass is 35.5. The van der Waals surface area contributed by atoms with Crippen LogP contribution in [0.25, 0.3) is 11.1 Å². The molecule has 2 aliphatic heterocycles. The van der Waals surface area contributed by atoms with E-state index in [1.54, 1.807) is 31.5 Å². The minimum atomic E-state index is -0.351. The zero-order valence-electron chi connectivity index (χ0n) is 26.8. The first-order chi connectivity index (χ1) is 23.9. The number of anilines is 1. The minimum absolute atomic E-state index is 0.0829. The number of pyridine rings is 2. The topological polar surface area (TPSA) is 139 Å². The average Bonchev–Trinajstić information content (AvgIpc) is 3.89. The van der Waals surface area contributed by atoms with Crippen LogP contribution in [0, 0.1) is 0 Å². The molecule has 1 saturated heterocycles. The Bertz CT molecular complexity index is 1940. The Morgan fingerprint density at radius 3 is 2.65 bits per heavy atom. The number of nitrogens with zero attached hydrogens (tertiary/aromatic N) is 3. The number of fused-ring (bicyclic) bond motifs is 1. The van der Waals surface area contributed by atoms with Crippen LogP contribution >= 0.6 is 23.2 Å². The highest BCUT2D eigenvalue weighted by molar-refractivity contribution is 6.37. The predicted molar refractivity (Wildman–Crippen MR) is 189 cm³/mol. The molecule has 0 saturated carbocycles. The smallest absolute Gasteiger partial charge is 0.258 e. The lowest BCUT2D eigenvalue weighted by molar-refractivity contribution is -0.119. The zero-order chi connectivity index (χ0) is 33.9. The summed E-state index contributed by atoms with van der Waals surface area (Å²) >= 11 is 13.6. The SMILES string of the molecule is COc1nc(O[C@H]2CCc3c(-c4cccc(C(=O)Nc5ccc(C6=NCCN6)cn5)c4Cl)cccc32)c(Cl)cc1CNC[C@@H]1CCC(=O)N1. The summed E-state index contributed by atoms with van der Waals surface area (Å²) in [6.45, 7) is 2.66. The van der Waals surface area contributed by atoms with Gasteiger partial charge in [-0.1, -0.05) is 53.5 Å². The van der Waals surface area contributed by atoms with Gasteiger partial charge >= 0.3 is 0 Å². The van der Waals surface area contributed by atoms with Crippen LogP contribution in [-0.4, -0.2) is 60.4 Å². The molecule has 3 aliphatic rings. The number of nitrogens with one attached hydrogen (secondary N) is 4. The maximum Gasteiger partial charge on any atom is 0.258 e. The molecular weight excluding hydrogens is 665 g/mol. The summed E-state index contributed by atoms with van der Waals surface area (Å²) in [6.07, 6.45) is 4.22. The van der Waals surface area contributed by atoms with Crippen LogP contribution in [-0.2, 0) is 17.8 Å². The summed E-state index contributed by atoms with van der Waals surface area (Å²) < 4.78 is 12.0. The van der Waals surface area contributed by atoms with Crippen LogP contribution in [0.1, 0.15) is 58.0 Å². The Morgan fingerprint density at radius 2 is 1.90 bits per heavy atom. The molecule has 7 rings (SSSR count). The summed E-state index contributed by atoms with van der Waals surface area (Å²) in [7, 11) is 1.56. The Kier molecular flexibility index (Phi) is 9.65. The van der Waals surface area contributed by atoms with E-state index in [9.17, 15) is 9.59 Å². The van der Waals surface area contributed by atoms with Gasteiger partial charge < -0.3 is 30.7 Å². The van der Waals surface area contributed by atoms with Crippen molar-refractivity contribution >= 4 is 46.7 Å². The molecule has 0 spiro atoms. The standard InChI is InChI=1S/C36H35Cl2N7O4/c1-48-35-21(17-39-19-22-9-13-31(46)43-22)16-28(37)36(45-35)49-29-11-10-24-23(4-2-5-25(24)29)26-6-3-7-27(32(26)38)34(47)44-30-12-8-20(18-42-30)33-40-14-15-41-33/h2-8,12,16,18,22,29,39H,9-11,13-15,17,19H2,1H3,(H,40,41)(H,43,46)(H,42,44,47)/t22-,29-/m0/s1. The number of hydrogen-bond donors (Lipinski definition) is 4. The molecule has 0 unspecified atom stereocenters. The summed E-state index contributed by atoms with van der Waals surface area (Å²) in [6, 6.07) is 17.0. The number of benzene rings is 2. The molecular formula is C36H35Cl2N7O4. The van der Waals surface area contributed by atoms with Gasteiger partial charge in [-0.15, -0.1) is 0 Å². The number of amides is 2. The molecule has 252 valence electrons. The molecule has 0 radical (unpaired) electrons. The van der Waals surface area contributed by atoms with Gasteiger partial charge in [0.2, 0.25) is 17.7 Å². The normalized spacial score (nSPS) is 18.0. The van der Waals surface area contributed by atoms with Crippen molar-refractivity contribution in [2.24, 2.45) is 4.99 Å². The molecule has 2 amide bonds. The largest absolute Gasteiger partial charge is 0.481 e. The minimum Gasteiger partial charge on any atom is -0.481 e. The van der Waals surface area contributed by atoms with Gasteiger partial charge in [0.05, 0.1) is 24.2 Å². The molecule has 11 nitrogen and oxygen atoms in total. The Hall–Kier alpha value is -4.71. The van der Waals surface area contributed by atoms with E-state index < -0.39 is 0 Å². The number of carbonyl (C=O) groups excluding carboxylic acids is 2. The van der Waals surface area contributed by atoms with Gasteiger partial charge in [0.1, 0.15) is 22.8 Å². The number of amidine groups is 1. The van der Waals surface area contributed by atoms with Gasteiger partial charge in [-0.3, -0.25) is 14.6 Å². The first-order valence-corrected chi connectivity index (χ1v) is 17.0. The Labute approximate surface area is 293 Å². The molecule has 1 aliphatic carbocycles. The van der Waals surface area contributed by atoms with Crippen molar-refractivity contribution in [3.05, 3.63) is 98.7 Å². The molecule has 49 heavy (non-hydrogen) atoms. The molecule has 0 bridgehead atoms. The van der Waals surface area contributed by atoms with E-state index in [4.69, 9.17) is 32.7 Å². The number of carbonyl (C=O) groups is 2. The van der Waals surface area contributed by atoms with Gasteiger partial charge in [0, 0.05) is 55.0 Å². The Balaban J connectivity index is 1.06. The van der Waals surface area contributed by atoms with Crippen molar-refractivity contribution < 1.29 is 19.1 Å². The number of aliphatic imine (C=N–C) groups is 1. The van der Waals surface area contributed by atoms with Crippen molar-refractivity contribution in [3.8, 4) is 22.9 Å². The van der Waals surface area contributed by atoms with E-state index in [0.717, 1.165) is 65.1 Å². The van der Waals surface area contributed by atoms with E-state index >= 15 is 0 Å². The second kappa shape index (κ2) is 14.4. The highest BCUT2D eigenvalue weighted by Gasteiger charge is 2.29. The molecule has 2 aromatic carbocycles. The molecule has 13 heteroatoms. The van der Waals surface area contributed by atoms with Crippen molar-refractivity contribution in [1.82, 2.24) is 25.9 Å². The lowest BCUT2D eigenvalue weighted by atomic mass is 9.95. The third-order valence-corrected chi connectivity index (χ3v) is 9.60. The summed E-state index contributed by atoms with van der Waals surface area (Å²) in [5.74, 6) is 1.66. The molecule has 4 N–H and O–H groups in total. The fraction of sp³-hybridized carbons (Fsp3) is 0.306. The quantitative estimate of drug-likeness (QED) is 0.161. The van der Waals surface area contributed by atoms with Gasteiger partial charge in [-0.25, -0.2) is 4.98 Å². The van der Waals surface area contributed by atoms with Gasteiger partial charge in [0.15, 0.2) is 0 Å². The number of rotatable bonds is 11. The van der Waals surface area contributed by atoms with Crippen LogP contribution < -0.4 is 30.7 Å². The van der Waals surface area contributed by atoms with Gasteiger partial charge in [-0.2, -0.15) is 4.98 Å². The zero-order valence-corrected chi connectivity index (χ0v) is 28.3. The Morgan fingerprint density at radius 1 is 1.04 bits per heavy atom. The maximum atomic E-state index is 13.3. The van der Waals surface area contributed by atoms with Crippen molar-refractivity contribution in [1.29, 1.82) is 0 Å². The number of methoxy groups -OCH3 is 1. The monoisotopic (exact) mass is 699 g/mol. The first-order valence-electron chi connectivity index (χ1n) is 16.2. The highest BCUT2D eigenvalue weighted by Crippen LogP contribution is 2.43. The van der Waals surface area contributed by atoms with E-state index in [2.05, 4.69) is 36.2 Å². The van der Waals surface area contributed by atoms with E-state index in [0.29, 0.717) is 59.1 Å². The van der Waals surface area contributed by atoms with E-state index in [-0.39, 0.29) is 24.0 Å². The van der Waals surface area contributed by atoms with Crippen LogP contribution in [0.15, 0.2) is 65.8 Å². The second-order valence-electron chi connectivity index (χ2n) is 12.1. The van der Waals surface area contributed by atoms with Gasteiger partial charge in [-0.05, 0) is 60.2 Å². The number of ether oxygens (including phenoxy) is 2. The fourth-order valence-corrected chi connectivity index (χ4v) is 7.05. The van der Waals surface area contributed by atoms with E-state index in [1.165, 1.54) is 0 Å². The van der Waals surface area contributed by atoms with Crippen LogP contribution in [0.2, 0.25) is 10.0 Å². The lowest BCUT2D eigenvalue weighted by Crippen LogP contribution is -2.35. The van der Waals surface area contributed by atoms with Crippen LogP contribution in [0.5, 0.6) is 11.8 Å². The fourth-order valence-electron chi connectivity index (χ4n) is 6.52. The lowest BCUT2D eigenvalue weighted by Gasteiger charge is -2.18. The second-order valence-corrected chi connectivity index (χ2v) is 12.9. The molecule has 1 fully saturated rings. The molecule has 2 atom stereocenters. The van der Waals surface area contributed by atoms with Crippen LogP contribution in [0.3, 0.4) is 0 Å². The number of aromatic nitrogens is 2. The molecule has 4 heterocycles. The third kappa shape index (κ3) is 7.05. The average molecular weight is 701 g/mol.